The largest absolute Gasteiger partial charge is 0.494 e. The Bertz CT molecular complexity index is 1440. The summed E-state index contributed by atoms with van der Waals surface area (Å²) in [4.78, 5) is 22.4. The minimum absolute atomic E-state index is 0.239. The maximum atomic E-state index is 14.6. The highest BCUT2D eigenvalue weighted by Crippen LogP contribution is 2.38. The number of aromatic nitrogens is 2. The van der Waals surface area contributed by atoms with Crippen LogP contribution in [0.2, 0.25) is 0 Å². The summed E-state index contributed by atoms with van der Waals surface area (Å²) < 4.78 is 34.3. The van der Waals surface area contributed by atoms with Crippen LogP contribution < -0.4 is 20.0 Å². The minimum Gasteiger partial charge on any atom is -0.494 e. The van der Waals surface area contributed by atoms with E-state index in [9.17, 15) is 8.78 Å². The van der Waals surface area contributed by atoms with Gasteiger partial charge < -0.3 is 15.0 Å². The van der Waals surface area contributed by atoms with E-state index in [0.29, 0.717) is 36.5 Å². The molecule has 0 spiro atoms. The first-order valence-electron chi connectivity index (χ1n) is 15.9. The highest BCUT2D eigenvalue weighted by Gasteiger charge is 2.33. The zero-order valence-electron chi connectivity index (χ0n) is 25.3. The molecular weight excluding hydrogens is 564 g/mol. The lowest BCUT2D eigenvalue weighted by Crippen LogP contribution is -2.56. The number of piperazine rings is 1. The van der Waals surface area contributed by atoms with Crippen molar-refractivity contribution in [2.24, 2.45) is 0 Å². The third-order valence-corrected chi connectivity index (χ3v) is 9.86. The van der Waals surface area contributed by atoms with Gasteiger partial charge in [0.2, 0.25) is 0 Å². The molecular formula is C33H41F2N7O2. The van der Waals surface area contributed by atoms with Gasteiger partial charge in [-0.2, -0.15) is 0 Å². The second-order valence-electron chi connectivity index (χ2n) is 12.3. The summed E-state index contributed by atoms with van der Waals surface area (Å²) in [5, 5.41) is 4.87. The summed E-state index contributed by atoms with van der Waals surface area (Å²) in [5.74, 6) is -0.0350. The van der Waals surface area contributed by atoms with Gasteiger partial charge in [0.25, 0.3) is 0 Å². The van der Waals surface area contributed by atoms with Crippen molar-refractivity contribution in [3.05, 3.63) is 66.0 Å². The number of benzene rings is 2. The molecule has 3 aliphatic heterocycles. The summed E-state index contributed by atoms with van der Waals surface area (Å²) in [6.07, 6.45) is 8.48. The molecule has 0 amide bonds. The van der Waals surface area contributed by atoms with Gasteiger partial charge in [0, 0.05) is 81.2 Å². The number of piperidine rings is 1. The Morgan fingerprint density at radius 1 is 0.864 bits per heavy atom. The summed E-state index contributed by atoms with van der Waals surface area (Å²) in [5.41, 5.74) is 2.16. The number of hydrogen-bond donors (Lipinski definition) is 1. The first-order valence-corrected chi connectivity index (χ1v) is 15.9. The number of nitrogens with zero attached hydrogens (tertiary/aromatic N) is 6. The summed E-state index contributed by atoms with van der Waals surface area (Å²) in [6, 6.07) is 13.2. The predicted octanol–water partition coefficient (Wildman–Crippen LogP) is 5.53. The number of hydroxylamine groups is 1. The lowest BCUT2D eigenvalue weighted by molar-refractivity contribution is 0.0373. The average Bonchev–Trinajstić information content (AvgIpc) is 3.52. The van der Waals surface area contributed by atoms with Crippen molar-refractivity contribution in [1.82, 2.24) is 19.8 Å². The van der Waals surface area contributed by atoms with Crippen LogP contribution in [0.25, 0.3) is 0 Å². The molecule has 2 aromatic carbocycles. The fourth-order valence-electron chi connectivity index (χ4n) is 7.12. The van der Waals surface area contributed by atoms with Gasteiger partial charge in [0.15, 0.2) is 17.5 Å². The van der Waals surface area contributed by atoms with Crippen molar-refractivity contribution in [2.45, 2.75) is 56.7 Å². The van der Waals surface area contributed by atoms with Crippen LogP contribution in [0.4, 0.5) is 31.8 Å². The number of ether oxygens (including phenoxy) is 1. The van der Waals surface area contributed by atoms with Crippen molar-refractivity contribution in [3.63, 3.8) is 0 Å². The maximum Gasteiger partial charge on any atom is 0.164 e. The average molecular weight is 606 g/mol. The fourth-order valence-corrected chi connectivity index (χ4v) is 7.12. The van der Waals surface area contributed by atoms with Crippen molar-refractivity contribution in [3.8, 4) is 5.75 Å². The molecule has 1 saturated carbocycles. The second-order valence-corrected chi connectivity index (χ2v) is 12.3. The van der Waals surface area contributed by atoms with E-state index < -0.39 is 17.7 Å². The van der Waals surface area contributed by atoms with E-state index in [1.165, 1.54) is 75.7 Å². The SMILES string of the molecule is COc1cc(N2CCC(N3CCN(C4CCC4)CC3)CC2)ccc1Nc1cc(N2OCCC2c2cccc(F)c2F)ncn1. The molecule has 3 saturated heterocycles. The summed E-state index contributed by atoms with van der Waals surface area (Å²) in [6.45, 7) is 7.28. The zero-order valence-corrected chi connectivity index (χ0v) is 25.3. The first-order chi connectivity index (χ1) is 21.6. The maximum absolute atomic E-state index is 14.6. The molecule has 44 heavy (non-hydrogen) atoms. The molecule has 1 N–H and O–H groups in total. The van der Waals surface area contributed by atoms with Gasteiger partial charge in [-0.3, -0.25) is 14.6 Å². The molecule has 3 aromatic rings. The molecule has 0 bridgehead atoms. The quantitative estimate of drug-likeness (QED) is 0.357. The Hall–Kier alpha value is -3.54. The highest BCUT2D eigenvalue weighted by molar-refractivity contribution is 5.70. The van der Waals surface area contributed by atoms with Gasteiger partial charge in [-0.25, -0.2) is 23.8 Å². The number of nitrogens with one attached hydrogen (secondary N) is 1. The molecule has 11 heteroatoms. The van der Waals surface area contributed by atoms with E-state index in [1.807, 2.05) is 6.07 Å². The van der Waals surface area contributed by atoms with Gasteiger partial charge in [-0.15, -0.1) is 0 Å². The number of hydrogen-bond acceptors (Lipinski definition) is 9. The van der Waals surface area contributed by atoms with Gasteiger partial charge in [0.1, 0.15) is 17.9 Å². The smallest absolute Gasteiger partial charge is 0.164 e. The van der Waals surface area contributed by atoms with Crippen molar-refractivity contribution in [1.29, 1.82) is 0 Å². The minimum atomic E-state index is -0.878. The zero-order chi connectivity index (χ0) is 30.0. The Morgan fingerprint density at radius 2 is 1.61 bits per heavy atom. The van der Waals surface area contributed by atoms with Gasteiger partial charge in [-0.1, -0.05) is 18.6 Å². The van der Waals surface area contributed by atoms with E-state index in [1.54, 1.807) is 19.2 Å². The van der Waals surface area contributed by atoms with E-state index >= 15 is 0 Å². The van der Waals surface area contributed by atoms with Gasteiger partial charge >= 0.3 is 0 Å². The predicted molar refractivity (Wildman–Crippen MR) is 166 cm³/mol. The third-order valence-electron chi connectivity index (χ3n) is 9.86. The molecule has 7 rings (SSSR count). The Morgan fingerprint density at radius 3 is 2.32 bits per heavy atom. The molecule has 234 valence electrons. The van der Waals surface area contributed by atoms with Crippen LogP contribution in [0, 0.1) is 11.6 Å². The molecule has 1 unspecified atom stereocenters. The summed E-state index contributed by atoms with van der Waals surface area (Å²) >= 11 is 0. The molecule has 1 atom stereocenters. The van der Waals surface area contributed by atoms with Crippen LogP contribution in [0.1, 0.15) is 50.1 Å². The van der Waals surface area contributed by atoms with Gasteiger partial charge in [-0.05, 0) is 43.9 Å². The van der Waals surface area contributed by atoms with Crippen molar-refractivity contribution >= 4 is 23.0 Å². The molecule has 4 aliphatic rings. The molecule has 0 radical (unpaired) electrons. The molecule has 1 aromatic heterocycles. The second kappa shape index (κ2) is 12.8. The van der Waals surface area contributed by atoms with Crippen LogP contribution in [-0.2, 0) is 4.84 Å². The number of halogens is 2. The van der Waals surface area contributed by atoms with Crippen LogP contribution >= 0.6 is 0 Å². The topological polar surface area (TPSA) is 69.2 Å². The molecule has 4 fully saturated rings. The number of anilines is 4. The Balaban J connectivity index is 0.985. The summed E-state index contributed by atoms with van der Waals surface area (Å²) in [7, 11) is 1.67. The Labute approximate surface area is 257 Å². The molecule has 1 aliphatic carbocycles. The Kier molecular flexibility index (Phi) is 8.51. The van der Waals surface area contributed by atoms with E-state index in [2.05, 4.69) is 42.1 Å². The van der Waals surface area contributed by atoms with Crippen LogP contribution in [-0.4, -0.2) is 84.8 Å². The van der Waals surface area contributed by atoms with E-state index in [4.69, 9.17) is 9.57 Å². The van der Waals surface area contributed by atoms with Crippen molar-refractivity contribution in [2.75, 3.05) is 68.3 Å². The molecule has 9 nitrogen and oxygen atoms in total. The van der Waals surface area contributed by atoms with Crippen LogP contribution in [0.3, 0.4) is 0 Å². The van der Waals surface area contributed by atoms with Crippen LogP contribution in [0.15, 0.2) is 48.8 Å². The van der Waals surface area contributed by atoms with Crippen molar-refractivity contribution < 1.29 is 18.4 Å². The first kappa shape index (κ1) is 29.2. The van der Waals surface area contributed by atoms with E-state index in [-0.39, 0.29) is 5.56 Å². The molecule has 4 heterocycles. The number of methoxy groups -OCH3 is 1. The number of rotatable bonds is 8. The third kappa shape index (κ3) is 5.92. The van der Waals surface area contributed by atoms with E-state index in [0.717, 1.165) is 36.6 Å². The lowest BCUT2D eigenvalue weighted by Gasteiger charge is -2.46. The lowest BCUT2D eigenvalue weighted by atomic mass is 9.91. The van der Waals surface area contributed by atoms with Crippen LogP contribution in [0.5, 0.6) is 5.75 Å². The monoisotopic (exact) mass is 605 g/mol. The highest BCUT2D eigenvalue weighted by atomic mass is 19.2. The normalized spacial score (nSPS) is 22.3. The standard InChI is InChI=1S/C33H41F2N7O2/c1-43-30-20-25(39-13-10-24(11-14-39)41-17-15-40(16-18-41)23-4-2-5-23)8-9-28(30)38-31-21-32(37-22-36-31)42-29(12-19-44-42)26-6-3-7-27(34)33(26)35/h3,6-9,20-24,29H,2,4-5,10-19H2,1H3,(H,36,37,38). The van der Waals surface area contributed by atoms with Gasteiger partial charge in [0.05, 0.1) is 25.4 Å². The fraction of sp³-hybridized carbons (Fsp3) is 0.515.